The molecule has 2 aromatic rings. The first-order valence-electron chi connectivity index (χ1n) is 7.49. The van der Waals surface area contributed by atoms with Crippen molar-refractivity contribution in [1.29, 1.82) is 5.26 Å². The summed E-state index contributed by atoms with van der Waals surface area (Å²) in [6.07, 6.45) is 6.15. The third-order valence-electron chi connectivity index (χ3n) is 3.78. The van der Waals surface area contributed by atoms with E-state index in [4.69, 9.17) is 0 Å². The number of H-pyrrole nitrogens is 1. The van der Waals surface area contributed by atoms with Gasteiger partial charge in [-0.3, -0.25) is 5.32 Å². The third-order valence-corrected chi connectivity index (χ3v) is 3.78. The molecule has 0 bridgehead atoms. The fourth-order valence-electron chi connectivity index (χ4n) is 2.61. The number of nitrogens with zero attached hydrogens (tertiary/aromatic N) is 6. The zero-order valence-electron chi connectivity index (χ0n) is 12.8. The average Bonchev–Trinajstić information content (AvgIpc) is 3.08. The Hall–Kier alpha value is -2.96. The molecule has 0 radical (unpaired) electrons. The van der Waals surface area contributed by atoms with Gasteiger partial charge in [0.05, 0.1) is 6.07 Å². The molecule has 2 aromatic heterocycles. The van der Waals surface area contributed by atoms with Crippen LogP contribution in [0.25, 0.3) is 0 Å². The van der Waals surface area contributed by atoms with Crippen LogP contribution < -0.4 is 16.0 Å². The van der Waals surface area contributed by atoms with Gasteiger partial charge < -0.3 is 10.6 Å². The molecule has 4 N–H and O–H groups in total. The van der Waals surface area contributed by atoms with E-state index in [0.717, 1.165) is 32.1 Å². The predicted octanol–water partition coefficient (Wildman–Crippen LogP) is 1.41. The van der Waals surface area contributed by atoms with Crippen LogP contribution in [0.1, 0.15) is 32.1 Å². The maximum atomic E-state index is 9.57. The molecule has 1 fully saturated rings. The Labute approximate surface area is 133 Å². The number of nitriles is 1. The van der Waals surface area contributed by atoms with Gasteiger partial charge in [-0.15, -0.1) is 0 Å². The van der Waals surface area contributed by atoms with E-state index in [1.807, 2.05) is 0 Å². The molecule has 10 nitrogen and oxygen atoms in total. The van der Waals surface area contributed by atoms with E-state index in [0.29, 0.717) is 23.8 Å². The fraction of sp³-hybridized carbons (Fsp3) is 0.538. The van der Waals surface area contributed by atoms with E-state index < -0.39 is 5.54 Å². The molecule has 0 amide bonds. The highest BCUT2D eigenvalue weighted by Gasteiger charge is 2.33. The maximum Gasteiger partial charge on any atom is 0.236 e. The van der Waals surface area contributed by atoms with Gasteiger partial charge in [0, 0.05) is 7.05 Å². The second kappa shape index (κ2) is 6.43. The third kappa shape index (κ3) is 3.45. The largest absolute Gasteiger partial charge is 0.357 e. The van der Waals surface area contributed by atoms with Crippen LogP contribution in [0.4, 0.5) is 23.8 Å². The van der Waals surface area contributed by atoms with E-state index >= 15 is 0 Å². The Bertz CT molecular complexity index is 683. The first-order chi connectivity index (χ1) is 11.2. The molecule has 1 aliphatic rings. The van der Waals surface area contributed by atoms with Crippen LogP contribution in [0.5, 0.6) is 0 Å². The molecule has 0 unspecified atom stereocenters. The molecule has 0 spiro atoms. The van der Waals surface area contributed by atoms with Gasteiger partial charge in [-0.1, -0.05) is 19.3 Å². The summed E-state index contributed by atoms with van der Waals surface area (Å²) >= 11 is 0. The van der Waals surface area contributed by atoms with Gasteiger partial charge in [0.2, 0.25) is 23.8 Å². The molecule has 1 saturated carbocycles. The summed E-state index contributed by atoms with van der Waals surface area (Å²) in [5, 5.41) is 25.0. The molecule has 0 aliphatic heterocycles. The Morgan fingerprint density at radius 1 is 1.13 bits per heavy atom. The fourth-order valence-corrected chi connectivity index (χ4v) is 2.61. The highest BCUT2D eigenvalue weighted by molar-refractivity contribution is 5.49. The number of anilines is 4. The summed E-state index contributed by atoms with van der Waals surface area (Å²) < 4.78 is 0. The molecule has 1 aliphatic carbocycles. The van der Waals surface area contributed by atoms with Crippen LogP contribution in [0.2, 0.25) is 0 Å². The minimum absolute atomic E-state index is 0.312. The summed E-state index contributed by atoms with van der Waals surface area (Å²) in [6.45, 7) is 0. The van der Waals surface area contributed by atoms with Gasteiger partial charge in [0.15, 0.2) is 0 Å². The van der Waals surface area contributed by atoms with Crippen molar-refractivity contribution in [1.82, 2.24) is 30.1 Å². The minimum Gasteiger partial charge on any atom is -0.357 e. The number of rotatable bonds is 5. The zero-order valence-corrected chi connectivity index (χ0v) is 12.8. The quantitative estimate of drug-likeness (QED) is 0.644. The van der Waals surface area contributed by atoms with Crippen LogP contribution in [0.3, 0.4) is 0 Å². The number of hydrogen-bond donors (Lipinski definition) is 4. The lowest BCUT2D eigenvalue weighted by molar-refractivity contribution is 0.391. The van der Waals surface area contributed by atoms with Crippen molar-refractivity contribution in [3.05, 3.63) is 6.33 Å². The summed E-state index contributed by atoms with van der Waals surface area (Å²) in [6, 6.07) is 2.39. The molecule has 120 valence electrons. The van der Waals surface area contributed by atoms with Gasteiger partial charge in [-0.05, 0) is 12.8 Å². The van der Waals surface area contributed by atoms with Crippen LogP contribution in [-0.2, 0) is 0 Å². The second-order valence-electron chi connectivity index (χ2n) is 5.39. The van der Waals surface area contributed by atoms with Crippen molar-refractivity contribution in [3.8, 4) is 6.07 Å². The molecule has 0 aromatic carbocycles. The molecule has 23 heavy (non-hydrogen) atoms. The normalized spacial score (nSPS) is 16.3. The number of hydrogen-bond acceptors (Lipinski definition) is 9. The summed E-state index contributed by atoms with van der Waals surface area (Å²) in [7, 11) is 1.72. The smallest absolute Gasteiger partial charge is 0.236 e. The maximum absolute atomic E-state index is 9.57. The molecule has 2 heterocycles. The minimum atomic E-state index is -0.617. The Balaban J connectivity index is 1.84. The number of aromatic nitrogens is 6. The van der Waals surface area contributed by atoms with Crippen LogP contribution >= 0.6 is 0 Å². The van der Waals surface area contributed by atoms with Crippen LogP contribution in [0, 0.1) is 11.3 Å². The zero-order chi connectivity index (χ0) is 16.1. The lowest BCUT2D eigenvalue weighted by Crippen LogP contribution is -2.39. The van der Waals surface area contributed by atoms with Crippen LogP contribution in [0.15, 0.2) is 6.33 Å². The monoisotopic (exact) mass is 314 g/mol. The van der Waals surface area contributed by atoms with Gasteiger partial charge >= 0.3 is 0 Å². The standard InChI is InChI=1S/C13H18N10/c1-15-9-18-11(20-10-16-8-17-23-10)21-12(19-9)22-13(7-14)5-3-2-4-6-13/h8H,2-6H2,1H3,(H4,15,16,17,18,19,20,21,22,23). The SMILES string of the molecule is CNc1nc(Nc2ncn[nH]2)nc(NC2(C#N)CCCCC2)n1. The van der Waals surface area contributed by atoms with Crippen molar-refractivity contribution < 1.29 is 0 Å². The highest BCUT2D eigenvalue weighted by atomic mass is 15.3. The predicted molar refractivity (Wildman–Crippen MR) is 84.1 cm³/mol. The van der Waals surface area contributed by atoms with Crippen LogP contribution in [-0.4, -0.2) is 42.7 Å². The van der Waals surface area contributed by atoms with E-state index in [2.05, 4.69) is 52.2 Å². The second-order valence-corrected chi connectivity index (χ2v) is 5.39. The van der Waals surface area contributed by atoms with Gasteiger partial charge in [0.25, 0.3) is 0 Å². The first-order valence-corrected chi connectivity index (χ1v) is 7.49. The van der Waals surface area contributed by atoms with E-state index in [9.17, 15) is 5.26 Å². The Kier molecular flexibility index (Phi) is 4.18. The molecule has 10 heteroatoms. The average molecular weight is 314 g/mol. The van der Waals surface area contributed by atoms with Crippen molar-refractivity contribution in [2.24, 2.45) is 0 Å². The Morgan fingerprint density at radius 2 is 1.87 bits per heavy atom. The lowest BCUT2D eigenvalue weighted by atomic mass is 9.83. The van der Waals surface area contributed by atoms with Gasteiger partial charge in [-0.25, -0.2) is 5.10 Å². The topological polar surface area (TPSA) is 140 Å². The van der Waals surface area contributed by atoms with Gasteiger partial charge in [0.1, 0.15) is 11.9 Å². The van der Waals surface area contributed by atoms with Crippen molar-refractivity contribution in [3.63, 3.8) is 0 Å². The lowest BCUT2D eigenvalue weighted by Gasteiger charge is -2.31. The van der Waals surface area contributed by atoms with E-state index in [1.54, 1.807) is 7.05 Å². The molecule has 0 saturated heterocycles. The van der Waals surface area contributed by atoms with Crippen molar-refractivity contribution in [2.45, 2.75) is 37.6 Å². The molecule has 3 rings (SSSR count). The number of nitrogens with one attached hydrogen (secondary N) is 4. The molecular weight excluding hydrogens is 296 g/mol. The molecule has 0 atom stereocenters. The summed E-state index contributed by atoms with van der Waals surface area (Å²) in [4.78, 5) is 16.8. The summed E-state index contributed by atoms with van der Waals surface area (Å²) in [5.41, 5.74) is -0.617. The summed E-state index contributed by atoms with van der Waals surface area (Å²) in [5.74, 6) is 1.49. The number of aromatic amines is 1. The highest BCUT2D eigenvalue weighted by Crippen LogP contribution is 2.30. The van der Waals surface area contributed by atoms with Crippen molar-refractivity contribution >= 4 is 23.8 Å². The Morgan fingerprint density at radius 3 is 2.52 bits per heavy atom. The van der Waals surface area contributed by atoms with E-state index in [1.165, 1.54) is 6.33 Å². The molecular formula is C13H18N10. The first kappa shape index (κ1) is 15.0. The van der Waals surface area contributed by atoms with E-state index in [-0.39, 0.29) is 0 Å². The van der Waals surface area contributed by atoms with Gasteiger partial charge in [-0.2, -0.15) is 30.3 Å². The van der Waals surface area contributed by atoms with Crippen molar-refractivity contribution in [2.75, 3.05) is 23.0 Å².